The minimum atomic E-state index is -1.08. The number of benzene rings is 2. The van der Waals surface area contributed by atoms with Crippen LogP contribution in [-0.4, -0.2) is 23.3 Å². The maximum Gasteiger partial charge on any atom is 0.335 e. The van der Waals surface area contributed by atoms with Crippen molar-refractivity contribution in [3.8, 4) is 34.8 Å². The van der Waals surface area contributed by atoms with Crippen LogP contribution in [-0.2, 0) is 0 Å². The molecule has 0 aromatic heterocycles. The van der Waals surface area contributed by atoms with Gasteiger partial charge in [0.25, 0.3) is 0 Å². The summed E-state index contributed by atoms with van der Waals surface area (Å²) >= 11 is 0. The fourth-order valence-corrected chi connectivity index (χ4v) is 2.08. The van der Waals surface area contributed by atoms with Crippen LogP contribution in [0, 0.1) is 22.7 Å². The third-order valence-corrected chi connectivity index (χ3v) is 3.14. The van der Waals surface area contributed by atoms with Crippen LogP contribution in [0.25, 0.3) is 11.1 Å². The van der Waals surface area contributed by atoms with E-state index in [-0.39, 0.29) is 33.8 Å². The number of rotatable bonds is 3. The van der Waals surface area contributed by atoms with E-state index in [1.807, 2.05) is 12.1 Å². The molecule has 0 aliphatic heterocycles. The fraction of sp³-hybridized carbons (Fsp3) is 0.0625. The van der Waals surface area contributed by atoms with Crippen molar-refractivity contribution in [3.63, 3.8) is 0 Å². The highest BCUT2D eigenvalue weighted by molar-refractivity contribution is 5.89. The van der Waals surface area contributed by atoms with Gasteiger partial charge in [-0.2, -0.15) is 10.5 Å². The van der Waals surface area contributed by atoms with Crippen LogP contribution in [0.2, 0.25) is 0 Å². The maximum absolute atomic E-state index is 10.9. The Labute approximate surface area is 126 Å². The van der Waals surface area contributed by atoms with Crippen LogP contribution in [0.15, 0.2) is 30.3 Å². The molecule has 0 aliphatic carbocycles. The lowest BCUT2D eigenvalue weighted by Gasteiger charge is -2.12. The molecule has 2 N–H and O–H groups in total. The monoisotopic (exact) mass is 294 g/mol. The number of methoxy groups -OCH3 is 1. The van der Waals surface area contributed by atoms with E-state index in [1.165, 1.54) is 37.4 Å². The highest BCUT2D eigenvalue weighted by atomic mass is 16.5. The summed E-state index contributed by atoms with van der Waals surface area (Å²) in [7, 11) is 1.32. The SMILES string of the molecule is COc1cc(C#N)c(-c2ccc(C(=O)O)cc2)c(C#N)c1O. The van der Waals surface area contributed by atoms with E-state index in [2.05, 4.69) is 0 Å². The lowest BCUT2D eigenvalue weighted by molar-refractivity contribution is 0.0697. The Morgan fingerprint density at radius 1 is 1.18 bits per heavy atom. The molecule has 22 heavy (non-hydrogen) atoms. The van der Waals surface area contributed by atoms with E-state index in [0.717, 1.165) is 0 Å². The van der Waals surface area contributed by atoms with Gasteiger partial charge in [0.1, 0.15) is 11.6 Å². The zero-order valence-electron chi connectivity index (χ0n) is 11.5. The molecule has 0 saturated carbocycles. The van der Waals surface area contributed by atoms with Gasteiger partial charge in [-0.3, -0.25) is 0 Å². The van der Waals surface area contributed by atoms with Crippen molar-refractivity contribution in [1.82, 2.24) is 0 Å². The van der Waals surface area contributed by atoms with Crippen molar-refractivity contribution < 1.29 is 19.7 Å². The number of ether oxygens (including phenoxy) is 1. The van der Waals surface area contributed by atoms with E-state index in [9.17, 15) is 20.4 Å². The molecule has 2 aromatic rings. The molecule has 0 spiro atoms. The van der Waals surface area contributed by atoms with Gasteiger partial charge >= 0.3 is 5.97 Å². The van der Waals surface area contributed by atoms with Crippen molar-refractivity contribution in [2.45, 2.75) is 0 Å². The van der Waals surface area contributed by atoms with E-state index in [4.69, 9.17) is 9.84 Å². The van der Waals surface area contributed by atoms with Crippen molar-refractivity contribution in [2.75, 3.05) is 7.11 Å². The molecule has 0 fully saturated rings. The molecule has 108 valence electrons. The molecular weight excluding hydrogens is 284 g/mol. The quantitative estimate of drug-likeness (QED) is 0.898. The van der Waals surface area contributed by atoms with E-state index in [0.29, 0.717) is 5.56 Å². The Morgan fingerprint density at radius 2 is 1.82 bits per heavy atom. The van der Waals surface area contributed by atoms with E-state index in [1.54, 1.807) is 0 Å². The fourth-order valence-electron chi connectivity index (χ4n) is 2.08. The molecule has 0 atom stereocenters. The van der Waals surface area contributed by atoms with Crippen molar-refractivity contribution in [3.05, 3.63) is 47.0 Å². The van der Waals surface area contributed by atoms with Crippen LogP contribution in [0.1, 0.15) is 21.5 Å². The van der Waals surface area contributed by atoms with Gasteiger partial charge in [-0.25, -0.2) is 4.79 Å². The van der Waals surface area contributed by atoms with Crippen LogP contribution in [0.5, 0.6) is 11.5 Å². The third kappa shape index (κ3) is 2.41. The normalized spacial score (nSPS) is 9.59. The van der Waals surface area contributed by atoms with Gasteiger partial charge in [0.05, 0.1) is 24.3 Å². The lowest BCUT2D eigenvalue weighted by atomic mass is 9.93. The molecule has 6 heteroatoms. The second kappa shape index (κ2) is 5.86. The molecular formula is C16H10N2O4. The number of aromatic hydroxyl groups is 1. The predicted octanol–water partition coefficient (Wildman–Crippen LogP) is 2.51. The van der Waals surface area contributed by atoms with Crippen LogP contribution in [0.4, 0.5) is 0 Å². The van der Waals surface area contributed by atoms with Gasteiger partial charge in [-0.15, -0.1) is 0 Å². The van der Waals surface area contributed by atoms with Gasteiger partial charge in [0.15, 0.2) is 11.5 Å². The number of nitriles is 2. The number of carboxylic acids is 1. The number of phenols is 1. The van der Waals surface area contributed by atoms with Crippen molar-refractivity contribution >= 4 is 5.97 Å². The first-order valence-corrected chi connectivity index (χ1v) is 6.11. The number of hydrogen-bond donors (Lipinski definition) is 2. The molecule has 6 nitrogen and oxygen atoms in total. The summed E-state index contributed by atoms with van der Waals surface area (Å²) in [5, 5.41) is 37.5. The standard InChI is InChI=1S/C16H10N2O4/c1-22-13-6-11(7-17)14(12(8-18)15(13)19)9-2-4-10(5-3-9)16(20)21/h2-6,19H,1H3,(H,20,21). The summed E-state index contributed by atoms with van der Waals surface area (Å²) in [6.07, 6.45) is 0. The van der Waals surface area contributed by atoms with E-state index >= 15 is 0 Å². The summed E-state index contributed by atoms with van der Waals surface area (Å²) in [5.41, 5.74) is 0.822. The number of carboxylic acid groups (broad SMARTS) is 1. The summed E-state index contributed by atoms with van der Waals surface area (Å²) in [5.74, 6) is -1.41. The Balaban J connectivity index is 2.74. The minimum absolute atomic E-state index is 0.0269. The number of aromatic carboxylic acids is 1. The molecule has 0 saturated heterocycles. The molecule has 0 heterocycles. The Hall–Kier alpha value is -3.51. The van der Waals surface area contributed by atoms with Gasteiger partial charge in [-0.05, 0) is 17.7 Å². The second-order valence-electron chi connectivity index (χ2n) is 4.33. The largest absolute Gasteiger partial charge is 0.503 e. The van der Waals surface area contributed by atoms with Gasteiger partial charge < -0.3 is 14.9 Å². The van der Waals surface area contributed by atoms with Gasteiger partial charge in [0.2, 0.25) is 0 Å². The highest BCUT2D eigenvalue weighted by Crippen LogP contribution is 2.39. The van der Waals surface area contributed by atoms with Crippen molar-refractivity contribution in [2.24, 2.45) is 0 Å². The topological polar surface area (TPSA) is 114 Å². The predicted molar refractivity (Wildman–Crippen MR) is 76.5 cm³/mol. The molecule has 0 bridgehead atoms. The Bertz CT molecular complexity index is 827. The summed E-state index contributed by atoms with van der Waals surface area (Å²) in [6.45, 7) is 0. The average molecular weight is 294 g/mol. The van der Waals surface area contributed by atoms with Crippen LogP contribution in [0.3, 0.4) is 0 Å². The smallest absolute Gasteiger partial charge is 0.335 e. The first-order valence-electron chi connectivity index (χ1n) is 6.11. The summed E-state index contributed by atoms with van der Waals surface area (Å²) in [6, 6.07) is 10.8. The first-order chi connectivity index (χ1) is 10.5. The first kappa shape index (κ1) is 14.9. The lowest BCUT2D eigenvalue weighted by Crippen LogP contribution is -1.97. The Kier molecular flexibility index (Phi) is 3.97. The third-order valence-electron chi connectivity index (χ3n) is 3.14. The molecule has 0 amide bonds. The van der Waals surface area contributed by atoms with Gasteiger partial charge in [0, 0.05) is 11.6 Å². The molecule has 0 radical (unpaired) electrons. The number of hydrogen-bond acceptors (Lipinski definition) is 5. The summed E-state index contributed by atoms with van der Waals surface area (Å²) in [4.78, 5) is 10.9. The van der Waals surface area contributed by atoms with Crippen LogP contribution < -0.4 is 4.74 Å². The minimum Gasteiger partial charge on any atom is -0.503 e. The highest BCUT2D eigenvalue weighted by Gasteiger charge is 2.20. The number of carbonyl (C=O) groups is 1. The molecule has 0 unspecified atom stereocenters. The van der Waals surface area contributed by atoms with E-state index < -0.39 is 5.97 Å². The van der Waals surface area contributed by atoms with Crippen LogP contribution >= 0.6 is 0 Å². The molecule has 2 aromatic carbocycles. The van der Waals surface area contributed by atoms with Gasteiger partial charge in [-0.1, -0.05) is 12.1 Å². The maximum atomic E-state index is 10.9. The number of phenolic OH excluding ortho intramolecular Hbond substituents is 1. The number of nitrogens with zero attached hydrogens (tertiary/aromatic N) is 2. The van der Waals surface area contributed by atoms with Crippen molar-refractivity contribution in [1.29, 1.82) is 10.5 Å². The summed E-state index contributed by atoms with van der Waals surface area (Å²) < 4.78 is 4.94. The second-order valence-corrected chi connectivity index (χ2v) is 4.33. The molecule has 0 aliphatic rings. The zero-order valence-corrected chi connectivity index (χ0v) is 11.5. The zero-order chi connectivity index (χ0) is 16.3. The Morgan fingerprint density at radius 3 is 2.27 bits per heavy atom. The molecule has 2 rings (SSSR count). The average Bonchev–Trinajstić information content (AvgIpc) is 2.54.